The molecule has 0 unspecified atom stereocenters. The molecule has 0 radical (unpaired) electrons. The smallest absolute Gasteiger partial charge is 0.0798 e. The van der Waals surface area contributed by atoms with Gasteiger partial charge in [0.05, 0.1) is 18.3 Å². The summed E-state index contributed by atoms with van der Waals surface area (Å²) in [6.45, 7) is 8.30. The molecule has 0 spiro atoms. The van der Waals surface area contributed by atoms with E-state index in [9.17, 15) is 5.11 Å². The molecule has 1 aliphatic heterocycles. The number of nitrogens with one attached hydrogen (secondary N) is 1. The number of rotatable bonds is 6. The molecule has 1 saturated heterocycles. The van der Waals surface area contributed by atoms with E-state index in [0.29, 0.717) is 0 Å². The molecule has 4 nitrogen and oxygen atoms in total. The van der Waals surface area contributed by atoms with E-state index in [1.165, 1.54) is 0 Å². The van der Waals surface area contributed by atoms with Crippen LogP contribution >= 0.6 is 0 Å². The molecule has 0 saturated carbocycles. The first-order chi connectivity index (χ1) is 7.52. The monoisotopic (exact) mass is 230 g/mol. The number of ether oxygens (including phenoxy) is 1. The average molecular weight is 230 g/mol. The van der Waals surface area contributed by atoms with Crippen molar-refractivity contribution in [3.05, 3.63) is 0 Å². The van der Waals surface area contributed by atoms with Crippen LogP contribution in [-0.2, 0) is 4.74 Å². The maximum absolute atomic E-state index is 10.3. The molecule has 0 amide bonds. The highest BCUT2D eigenvalue weighted by Crippen LogP contribution is 2.18. The summed E-state index contributed by atoms with van der Waals surface area (Å²) in [6.07, 6.45) is 1.99. The minimum atomic E-state index is -0.502. The third-order valence-electron chi connectivity index (χ3n) is 3.02. The molecule has 1 rings (SSSR count). The van der Waals surface area contributed by atoms with Gasteiger partial charge in [0.2, 0.25) is 0 Å². The molecule has 2 N–H and O–H groups in total. The summed E-state index contributed by atoms with van der Waals surface area (Å²) in [5, 5.41) is 13.6. The molecule has 0 atom stereocenters. The van der Waals surface area contributed by atoms with Crippen LogP contribution in [0.2, 0.25) is 0 Å². The minimum absolute atomic E-state index is 0.287. The van der Waals surface area contributed by atoms with Gasteiger partial charge in [-0.3, -0.25) is 0 Å². The molecular formula is C12H26N2O2. The maximum atomic E-state index is 10.3. The Balaban J connectivity index is 2.19. The fourth-order valence-electron chi connectivity index (χ4n) is 2.08. The molecule has 0 aromatic heterocycles. The van der Waals surface area contributed by atoms with Gasteiger partial charge in [0, 0.05) is 13.1 Å². The third kappa shape index (κ3) is 5.25. The topological polar surface area (TPSA) is 44.7 Å². The fraction of sp³-hybridized carbons (Fsp3) is 1.00. The van der Waals surface area contributed by atoms with Gasteiger partial charge in [0.1, 0.15) is 0 Å². The molecule has 0 aliphatic carbocycles. The van der Waals surface area contributed by atoms with Crippen LogP contribution in [0, 0.1) is 0 Å². The summed E-state index contributed by atoms with van der Waals surface area (Å²) in [7, 11) is 2.05. The number of nitrogens with zero attached hydrogens (tertiary/aromatic N) is 1. The van der Waals surface area contributed by atoms with Gasteiger partial charge in [0.25, 0.3) is 0 Å². The first-order valence-corrected chi connectivity index (χ1v) is 6.25. The van der Waals surface area contributed by atoms with Gasteiger partial charge in [-0.1, -0.05) is 0 Å². The van der Waals surface area contributed by atoms with Crippen LogP contribution in [0.5, 0.6) is 0 Å². The Bertz CT molecular complexity index is 191. The zero-order valence-electron chi connectivity index (χ0n) is 10.8. The van der Waals surface area contributed by atoms with Crippen LogP contribution in [0.25, 0.3) is 0 Å². The van der Waals surface area contributed by atoms with Crippen molar-refractivity contribution in [1.29, 1.82) is 0 Å². The van der Waals surface area contributed by atoms with Crippen molar-refractivity contribution in [2.75, 3.05) is 39.8 Å². The minimum Gasteiger partial charge on any atom is -0.388 e. The number of piperidine rings is 1. The highest BCUT2D eigenvalue weighted by atomic mass is 16.5. The van der Waals surface area contributed by atoms with E-state index in [1.807, 2.05) is 20.9 Å². The zero-order valence-corrected chi connectivity index (χ0v) is 10.8. The van der Waals surface area contributed by atoms with Crippen LogP contribution in [0.15, 0.2) is 0 Å². The van der Waals surface area contributed by atoms with E-state index in [1.54, 1.807) is 0 Å². The second-order valence-electron chi connectivity index (χ2n) is 5.13. The zero-order chi connectivity index (χ0) is 12.0. The molecular weight excluding hydrogens is 204 g/mol. The molecule has 1 aliphatic rings. The number of aliphatic hydroxyl groups is 1. The highest BCUT2D eigenvalue weighted by molar-refractivity contribution is 4.86. The average Bonchev–Trinajstić information content (AvgIpc) is 2.17. The molecule has 16 heavy (non-hydrogen) atoms. The molecule has 0 aromatic carbocycles. The van der Waals surface area contributed by atoms with Crippen molar-refractivity contribution in [2.24, 2.45) is 0 Å². The summed E-state index contributed by atoms with van der Waals surface area (Å²) < 4.78 is 5.50. The Kier molecular flexibility index (Phi) is 5.69. The predicted molar refractivity (Wildman–Crippen MR) is 65.6 cm³/mol. The summed E-state index contributed by atoms with van der Waals surface area (Å²) in [4.78, 5) is 2.16. The van der Waals surface area contributed by atoms with Gasteiger partial charge in [0.15, 0.2) is 0 Å². The largest absolute Gasteiger partial charge is 0.388 e. The van der Waals surface area contributed by atoms with Gasteiger partial charge in [-0.25, -0.2) is 0 Å². The van der Waals surface area contributed by atoms with Crippen LogP contribution in [-0.4, -0.2) is 61.5 Å². The van der Waals surface area contributed by atoms with E-state index in [0.717, 1.165) is 45.6 Å². The normalized spacial score (nSPS) is 20.6. The summed E-state index contributed by atoms with van der Waals surface area (Å²) in [5.41, 5.74) is -0.502. The van der Waals surface area contributed by atoms with Crippen molar-refractivity contribution in [3.63, 3.8) is 0 Å². The van der Waals surface area contributed by atoms with E-state index in [4.69, 9.17) is 4.74 Å². The molecule has 0 bridgehead atoms. The molecule has 0 aromatic rings. The highest BCUT2D eigenvalue weighted by Gasteiger charge is 2.30. The van der Waals surface area contributed by atoms with Crippen LogP contribution in [0.1, 0.15) is 26.7 Å². The first kappa shape index (κ1) is 13.9. The first-order valence-electron chi connectivity index (χ1n) is 6.25. The predicted octanol–water partition coefficient (Wildman–Crippen LogP) is 0.458. The quantitative estimate of drug-likeness (QED) is 0.696. The van der Waals surface area contributed by atoms with Gasteiger partial charge in [-0.2, -0.15) is 0 Å². The van der Waals surface area contributed by atoms with Gasteiger partial charge in [-0.15, -0.1) is 0 Å². The Hall–Kier alpha value is -0.160. The number of likely N-dealkylation sites (N-methyl/N-ethyl adjacent to an activating group) is 1. The van der Waals surface area contributed by atoms with Gasteiger partial charge >= 0.3 is 0 Å². The van der Waals surface area contributed by atoms with Crippen LogP contribution in [0.3, 0.4) is 0 Å². The summed E-state index contributed by atoms with van der Waals surface area (Å²) in [6, 6.07) is 0. The SMILES string of the molecule is CC(C)OCCN(C)CC1(O)CCNCC1. The van der Waals surface area contributed by atoms with Crippen molar-refractivity contribution in [2.45, 2.75) is 38.4 Å². The number of hydrogen-bond donors (Lipinski definition) is 2. The third-order valence-corrected chi connectivity index (χ3v) is 3.02. The molecule has 1 fully saturated rings. The van der Waals surface area contributed by atoms with Gasteiger partial charge < -0.3 is 20.1 Å². The van der Waals surface area contributed by atoms with Crippen molar-refractivity contribution in [1.82, 2.24) is 10.2 Å². The molecule has 96 valence electrons. The van der Waals surface area contributed by atoms with E-state index < -0.39 is 5.60 Å². The number of hydrogen-bond acceptors (Lipinski definition) is 4. The maximum Gasteiger partial charge on any atom is 0.0798 e. The summed E-state index contributed by atoms with van der Waals surface area (Å²) >= 11 is 0. The Labute approximate surface area is 99.0 Å². The summed E-state index contributed by atoms with van der Waals surface area (Å²) in [5.74, 6) is 0. The lowest BCUT2D eigenvalue weighted by molar-refractivity contribution is -0.0229. The molecule has 1 heterocycles. The lowest BCUT2D eigenvalue weighted by Gasteiger charge is -2.35. The second-order valence-corrected chi connectivity index (χ2v) is 5.13. The fourth-order valence-corrected chi connectivity index (χ4v) is 2.08. The van der Waals surface area contributed by atoms with E-state index in [-0.39, 0.29) is 6.10 Å². The van der Waals surface area contributed by atoms with Crippen LogP contribution < -0.4 is 5.32 Å². The van der Waals surface area contributed by atoms with E-state index in [2.05, 4.69) is 10.2 Å². The lowest BCUT2D eigenvalue weighted by Crippen LogP contribution is -2.49. The van der Waals surface area contributed by atoms with Crippen molar-refractivity contribution in [3.8, 4) is 0 Å². The van der Waals surface area contributed by atoms with E-state index >= 15 is 0 Å². The van der Waals surface area contributed by atoms with Gasteiger partial charge in [-0.05, 0) is 46.8 Å². The standard InChI is InChI=1S/C12H26N2O2/c1-11(2)16-9-8-14(3)10-12(15)4-6-13-7-5-12/h11,13,15H,4-10H2,1-3H3. The Morgan fingerprint density at radius 1 is 1.38 bits per heavy atom. The Morgan fingerprint density at radius 2 is 2.00 bits per heavy atom. The Morgan fingerprint density at radius 3 is 2.56 bits per heavy atom. The van der Waals surface area contributed by atoms with Crippen LogP contribution in [0.4, 0.5) is 0 Å². The van der Waals surface area contributed by atoms with Crippen molar-refractivity contribution < 1.29 is 9.84 Å². The lowest BCUT2D eigenvalue weighted by atomic mass is 9.92. The molecule has 4 heteroatoms. The van der Waals surface area contributed by atoms with Crippen molar-refractivity contribution >= 4 is 0 Å². The second kappa shape index (κ2) is 6.55.